The summed E-state index contributed by atoms with van der Waals surface area (Å²) in [5, 5.41) is 0. The Hall–Kier alpha value is -1.80. The molecule has 0 aliphatic carbocycles. The normalized spacial score (nSPS) is 12.2. The molecule has 2 heteroatoms. The molecule has 0 spiro atoms. The second kappa shape index (κ2) is 6.58. The highest BCUT2D eigenvalue weighted by Gasteiger charge is 2.09. The summed E-state index contributed by atoms with van der Waals surface area (Å²) in [5.41, 5.74) is 11.2. The van der Waals surface area contributed by atoms with Crippen molar-refractivity contribution >= 4 is 0 Å². The van der Waals surface area contributed by atoms with Crippen LogP contribution in [0, 0.1) is 13.8 Å². The monoisotopic (exact) mass is 269 g/mol. The van der Waals surface area contributed by atoms with Crippen LogP contribution in [0.4, 0.5) is 0 Å². The fraction of sp³-hybridized carbons (Fsp3) is 0.333. The van der Waals surface area contributed by atoms with Gasteiger partial charge in [0.15, 0.2) is 0 Å². The maximum Gasteiger partial charge on any atom is 0.119 e. The number of aryl methyl sites for hydroxylation is 2. The van der Waals surface area contributed by atoms with E-state index in [9.17, 15) is 0 Å². The molecule has 1 unspecified atom stereocenters. The summed E-state index contributed by atoms with van der Waals surface area (Å²) in [5.74, 6) is 0.905. The first-order chi connectivity index (χ1) is 9.61. The van der Waals surface area contributed by atoms with E-state index in [1.54, 1.807) is 0 Å². The fourth-order valence-electron chi connectivity index (χ4n) is 2.14. The SMILES string of the molecule is CCCOc1ccc(C(N)c2ccc(C)c(C)c2)cc1. The van der Waals surface area contributed by atoms with Crippen LogP contribution in [-0.4, -0.2) is 6.61 Å². The lowest BCUT2D eigenvalue weighted by Gasteiger charge is -2.15. The molecule has 2 aromatic rings. The van der Waals surface area contributed by atoms with Crippen molar-refractivity contribution in [3.05, 3.63) is 64.7 Å². The van der Waals surface area contributed by atoms with Gasteiger partial charge in [0, 0.05) is 0 Å². The van der Waals surface area contributed by atoms with E-state index >= 15 is 0 Å². The van der Waals surface area contributed by atoms with Crippen LogP contribution < -0.4 is 10.5 Å². The van der Waals surface area contributed by atoms with Crippen molar-refractivity contribution < 1.29 is 4.74 Å². The van der Waals surface area contributed by atoms with Crippen molar-refractivity contribution in [3.63, 3.8) is 0 Å². The lowest BCUT2D eigenvalue weighted by molar-refractivity contribution is 0.317. The number of nitrogens with two attached hydrogens (primary N) is 1. The second-order valence-electron chi connectivity index (χ2n) is 5.24. The Kier molecular flexibility index (Phi) is 4.80. The molecule has 0 aliphatic rings. The smallest absolute Gasteiger partial charge is 0.119 e. The third kappa shape index (κ3) is 3.40. The van der Waals surface area contributed by atoms with Crippen LogP contribution in [0.25, 0.3) is 0 Å². The van der Waals surface area contributed by atoms with Gasteiger partial charge in [-0.1, -0.05) is 37.3 Å². The van der Waals surface area contributed by atoms with Gasteiger partial charge in [-0.25, -0.2) is 0 Å². The molecule has 2 aromatic carbocycles. The van der Waals surface area contributed by atoms with Gasteiger partial charge in [0.05, 0.1) is 12.6 Å². The Morgan fingerprint density at radius 3 is 2.20 bits per heavy atom. The number of hydrogen-bond acceptors (Lipinski definition) is 2. The van der Waals surface area contributed by atoms with Gasteiger partial charge in [0.1, 0.15) is 5.75 Å². The lowest BCUT2D eigenvalue weighted by atomic mass is 9.96. The molecule has 0 saturated carbocycles. The molecule has 0 aromatic heterocycles. The van der Waals surface area contributed by atoms with Crippen molar-refractivity contribution in [1.29, 1.82) is 0 Å². The number of ether oxygens (including phenoxy) is 1. The molecule has 0 amide bonds. The van der Waals surface area contributed by atoms with E-state index in [2.05, 4.69) is 39.0 Å². The Balaban J connectivity index is 2.15. The van der Waals surface area contributed by atoms with Gasteiger partial charge >= 0.3 is 0 Å². The summed E-state index contributed by atoms with van der Waals surface area (Å²) in [6.07, 6.45) is 1.02. The van der Waals surface area contributed by atoms with Gasteiger partial charge in [-0.2, -0.15) is 0 Å². The topological polar surface area (TPSA) is 35.2 Å². The molecule has 0 saturated heterocycles. The van der Waals surface area contributed by atoms with Gasteiger partial charge in [0.2, 0.25) is 0 Å². The average Bonchev–Trinajstić information content (AvgIpc) is 2.48. The Labute approximate surface area is 121 Å². The summed E-state index contributed by atoms with van der Waals surface area (Å²) in [7, 11) is 0. The van der Waals surface area contributed by atoms with Gasteiger partial charge < -0.3 is 10.5 Å². The fourth-order valence-corrected chi connectivity index (χ4v) is 2.14. The van der Waals surface area contributed by atoms with E-state index < -0.39 is 0 Å². The molecule has 106 valence electrons. The third-order valence-electron chi connectivity index (χ3n) is 3.60. The van der Waals surface area contributed by atoms with E-state index in [4.69, 9.17) is 10.5 Å². The van der Waals surface area contributed by atoms with Crippen molar-refractivity contribution in [2.24, 2.45) is 5.73 Å². The first kappa shape index (κ1) is 14.6. The van der Waals surface area contributed by atoms with E-state index in [0.717, 1.165) is 29.9 Å². The number of benzene rings is 2. The molecular formula is C18H23NO. The number of hydrogen-bond donors (Lipinski definition) is 1. The summed E-state index contributed by atoms with van der Waals surface area (Å²) in [6, 6.07) is 14.4. The highest BCUT2D eigenvalue weighted by atomic mass is 16.5. The first-order valence-corrected chi connectivity index (χ1v) is 7.17. The van der Waals surface area contributed by atoms with Crippen LogP contribution in [0.1, 0.15) is 41.6 Å². The lowest BCUT2D eigenvalue weighted by Crippen LogP contribution is -2.12. The molecule has 0 radical (unpaired) electrons. The Morgan fingerprint density at radius 1 is 0.950 bits per heavy atom. The van der Waals surface area contributed by atoms with Gasteiger partial charge in [-0.05, 0) is 54.7 Å². The molecule has 0 aliphatic heterocycles. The van der Waals surface area contributed by atoms with Gasteiger partial charge in [-0.3, -0.25) is 0 Å². The Morgan fingerprint density at radius 2 is 1.60 bits per heavy atom. The summed E-state index contributed by atoms with van der Waals surface area (Å²) < 4.78 is 5.59. The van der Waals surface area contributed by atoms with E-state index in [1.165, 1.54) is 11.1 Å². The van der Waals surface area contributed by atoms with Crippen molar-refractivity contribution in [1.82, 2.24) is 0 Å². The number of rotatable bonds is 5. The van der Waals surface area contributed by atoms with Crippen LogP contribution in [0.15, 0.2) is 42.5 Å². The summed E-state index contributed by atoms with van der Waals surface area (Å²) >= 11 is 0. The largest absolute Gasteiger partial charge is 0.494 e. The molecule has 0 fully saturated rings. The first-order valence-electron chi connectivity index (χ1n) is 7.17. The predicted molar refractivity (Wildman–Crippen MR) is 84.2 cm³/mol. The molecule has 0 heterocycles. The minimum absolute atomic E-state index is 0.0884. The highest BCUT2D eigenvalue weighted by molar-refractivity contribution is 5.38. The molecule has 20 heavy (non-hydrogen) atoms. The average molecular weight is 269 g/mol. The van der Waals surface area contributed by atoms with E-state index in [-0.39, 0.29) is 6.04 Å². The zero-order valence-corrected chi connectivity index (χ0v) is 12.5. The van der Waals surface area contributed by atoms with Crippen molar-refractivity contribution in [3.8, 4) is 5.75 Å². The predicted octanol–water partition coefficient (Wildman–Crippen LogP) is 4.14. The standard InChI is InChI=1S/C18H23NO/c1-4-11-20-17-9-7-15(8-10-17)18(19)16-6-5-13(2)14(3)12-16/h5-10,12,18H,4,11,19H2,1-3H3. The molecule has 1 atom stereocenters. The molecule has 0 bridgehead atoms. The van der Waals surface area contributed by atoms with Crippen LogP contribution in [0.2, 0.25) is 0 Å². The molecular weight excluding hydrogens is 246 g/mol. The van der Waals surface area contributed by atoms with Gasteiger partial charge in [-0.15, -0.1) is 0 Å². The van der Waals surface area contributed by atoms with E-state index in [0.29, 0.717) is 0 Å². The molecule has 2 N–H and O–H groups in total. The third-order valence-corrected chi connectivity index (χ3v) is 3.60. The van der Waals surface area contributed by atoms with Crippen molar-refractivity contribution in [2.75, 3.05) is 6.61 Å². The summed E-state index contributed by atoms with van der Waals surface area (Å²) in [6.45, 7) is 7.09. The maximum atomic E-state index is 6.34. The zero-order valence-electron chi connectivity index (χ0n) is 12.5. The highest BCUT2D eigenvalue weighted by Crippen LogP contribution is 2.23. The van der Waals surface area contributed by atoms with Crippen LogP contribution >= 0.6 is 0 Å². The quantitative estimate of drug-likeness (QED) is 0.885. The van der Waals surface area contributed by atoms with Crippen LogP contribution in [0.3, 0.4) is 0 Å². The van der Waals surface area contributed by atoms with Gasteiger partial charge in [0.25, 0.3) is 0 Å². The van der Waals surface area contributed by atoms with Crippen LogP contribution in [0.5, 0.6) is 5.75 Å². The second-order valence-corrected chi connectivity index (χ2v) is 5.24. The molecule has 2 nitrogen and oxygen atoms in total. The summed E-state index contributed by atoms with van der Waals surface area (Å²) in [4.78, 5) is 0. The minimum Gasteiger partial charge on any atom is -0.494 e. The van der Waals surface area contributed by atoms with Crippen molar-refractivity contribution in [2.45, 2.75) is 33.2 Å². The molecule has 2 rings (SSSR count). The maximum absolute atomic E-state index is 6.34. The van der Waals surface area contributed by atoms with Crippen LogP contribution in [-0.2, 0) is 0 Å². The zero-order chi connectivity index (χ0) is 14.5. The Bertz CT molecular complexity index is 560. The minimum atomic E-state index is -0.0884. The van der Waals surface area contributed by atoms with E-state index in [1.807, 2.05) is 24.3 Å².